The number of aliphatic hydroxyl groups is 1. The molecule has 0 saturated carbocycles. The van der Waals surface area contributed by atoms with Crippen molar-refractivity contribution < 1.29 is 14.3 Å². The van der Waals surface area contributed by atoms with Gasteiger partial charge in [-0.3, -0.25) is 4.79 Å². The number of fused-ring (bicyclic) bond motifs is 1. The topological polar surface area (TPSA) is 53.7 Å². The predicted molar refractivity (Wildman–Crippen MR) is 76.6 cm³/mol. The SMILES string of the molecule is Cc1ccc2oc(C(=O)N3CCC(C)C(O)C3)cc2c1. The molecule has 0 radical (unpaired) electrons. The summed E-state index contributed by atoms with van der Waals surface area (Å²) in [6.07, 6.45) is 0.381. The minimum atomic E-state index is -0.445. The number of amides is 1. The third-order valence-electron chi connectivity index (χ3n) is 4.09. The van der Waals surface area contributed by atoms with Crippen molar-refractivity contribution in [3.05, 3.63) is 35.6 Å². The zero-order valence-corrected chi connectivity index (χ0v) is 11.8. The summed E-state index contributed by atoms with van der Waals surface area (Å²) in [4.78, 5) is 14.1. The molecule has 20 heavy (non-hydrogen) atoms. The molecule has 1 aliphatic rings. The van der Waals surface area contributed by atoms with Gasteiger partial charge in [0.05, 0.1) is 6.10 Å². The summed E-state index contributed by atoms with van der Waals surface area (Å²) in [5.41, 5.74) is 1.87. The average molecular weight is 273 g/mol. The highest BCUT2D eigenvalue weighted by Crippen LogP contribution is 2.24. The number of carbonyl (C=O) groups excluding carboxylic acids is 1. The minimum absolute atomic E-state index is 0.134. The molecule has 0 aliphatic carbocycles. The number of hydrogen-bond acceptors (Lipinski definition) is 3. The second kappa shape index (κ2) is 4.94. The van der Waals surface area contributed by atoms with Gasteiger partial charge in [0.1, 0.15) is 5.58 Å². The van der Waals surface area contributed by atoms with Crippen LogP contribution in [-0.4, -0.2) is 35.1 Å². The van der Waals surface area contributed by atoms with Gasteiger partial charge in [0.25, 0.3) is 5.91 Å². The van der Waals surface area contributed by atoms with Crippen molar-refractivity contribution in [1.29, 1.82) is 0 Å². The molecule has 4 heteroatoms. The zero-order valence-electron chi connectivity index (χ0n) is 11.8. The number of hydrogen-bond donors (Lipinski definition) is 1. The summed E-state index contributed by atoms with van der Waals surface area (Å²) >= 11 is 0. The quantitative estimate of drug-likeness (QED) is 0.869. The van der Waals surface area contributed by atoms with Gasteiger partial charge in [-0.25, -0.2) is 0 Å². The van der Waals surface area contributed by atoms with Gasteiger partial charge in [0.2, 0.25) is 0 Å². The highest BCUT2D eigenvalue weighted by atomic mass is 16.3. The number of aliphatic hydroxyl groups excluding tert-OH is 1. The fraction of sp³-hybridized carbons (Fsp3) is 0.438. The lowest BCUT2D eigenvalue weighted by Crippen LogP contribution is -2.45. The van der Waals surface area contributed by atoms with Crippen LogP contribution in [0.4, 0.5) is 0 Å². The van der Waals surface area contributed by atoms with Gasteiger partial charge in [-0.2, -0.15) is 0 Å². The summed E-state index contributed by atoms with van der Waals surface area (Å²) < 4.78 is 5.63. The van der Waals surface area contributed by atoms with Crippen molar-refractivity contribution >= 4 is 16.9 Å². The molecule has 2 heterocycles. The van der Waals surface area contributed by atoms with Gasteiger partial charge in [0.15, 0.2) is 5.76 Å². The Labute approximate surface area is 118 Å². The lowest BCUT2D eigenvalue weighted by Gasteiger charge is -2.33. The molecule has 1 amide bonds. The zero-order chi connectivity index (χ0) is 14.3. The van der Waals surface area contributed by atoms with Crippen molar-refractivity contribution in [3.63, 3.8) is 0 Å². The van der Waals surface area contributed by atoms with E-state index in [0.717, 1.165) is 23.0 Å². The number of rotatable bonds is 1. The maximum absolute atomic E-state index is 12.4. The Hall–Kier alpha value is -1.81. The molecule has 1 aliphatic heterocycles. The predicted octanol–water partition coefficient (Wildman–Crippen LogP) is 2.58. The molecule has 106 valence electrons. The van der Waals surface area contributed by atoms with Crippen LogP contribution in [0.1, 0.15) is 29.5 Å². The van der Waals surface area contributed by atoms with Crippen molar-refractivity contribution in [1.82, 2.24) is 4.90 Å². The fourth-order valence-electron chi connectivity index (χ4n) is 2.66. The number of benzene rings is 1. The van der Waals surface area contributed by atoms with E-state index in [0.29, 0.717) is 18.8 Å². The van der Waals surface area contributed by atoms with Crippen molar-refractivity contribution in [2.45, 2.75) is 26.4 Å². The normalized spacial score (nSPS) is 23.2. The molecule has 1 aromatic carbocycles. The Balaban J connectivity index is 1.85. The Morgan fingerprint density at radius 1 is 1.40 bits per heavy atom. The van der Waals surface area contributed by atoms with Gasteiger partial charge < -0.3 is 14.4 Å². The molecule has 1 aromatic heterocycles. The molecule has 4 nitrogen and oxygen atoms in total. The van der Waals surface area contributed by atoms with E-state index in [1.54, 1.807) is 11.0 Å². The van der Waals surface area contributed by atoms with Crippen molar-refractivity contribution in [3.8, 4) is 0 Å². The molecule has 0 spiro atoms. The van der Waals surface area contributed by atoms with Gasteiger partial charge in [-0.1, -0.05) is 18.6 Å². The fourth-order valence-corrected chi connectivity index (χ4v) is 2.66. The second-order valence-corrected chi connectivity index (χ2v) is 5.74. The standard InChI is InChI=1S/C16H19NO3/c1-10-3-4-14-12(7-10)8-15(20-14)16(19)17-6-5-11(2)13(18)9-17/h3-4,7-8,11,13,18H,5-6,9H2,1-2H3. The first-order chi connectivity index (χ1) is 9.54. The number of furan rings is 1. The highest BCUT2D eigenvalue weighted by Gasteiger charge is 2.29. The van der Waals surface area contributed by atoms with Crippen LogP contribution in [0.25, 0.3) is 11.0 Å². The van der Waals surface area contributed by atoms with Crippen LogP contribution in [0.15, 0.2) is 28.7 Å². The first-order valence-corrected chi connectivity index (χ1v) is 7.02. The monoisotopic (exact) mass is 273 g/mol. The molecule has 2 unspecified atom stereocenters. The van der Waals surface area contributed by atoms with Crippen LogP contribution in [0.3, 0.4) is 0 Å². The molecular formula is C16H19NO3. The van der Waals surface area contributed by atoms with Crippen molar-refractivity contribution in [2.75, 3.05) is 13.1 Å². The summed E-state index contributed by atoms with van der Waals surface area (Å²) in [7, 11) is 0. The molecule has 3 rings (SSSR count). The lowest BCUT2D eigenvalue weighted by molar-refractivity contribution is 0.0232. The van der Waals surface area contributed by atoms with E-state index < -0.39 is 6.10 Å². The Morgan fingerprint density at radius 2 is 2.20 bits per heavy atom. The van der Waals surface area contributed by atoms with Gasteiger partial charge in [0, 0.05) is 18.5 Å². The van der Waals surface area contributed by atoms with E-state index in [4.69, 9.17) is 4.42 Å². The summed E-state index contributed by atoms with van der Waals surface area (Å²) in [6, 6.07) is 7.64. The van der Waals surface area contributed by atoms with Crippen LogP contribution < -0.4 is 0 Å². The van der Waals surface area contributed by atoms with Crippen LogP contribution in [0, 0.1) is 12.8 Å². The average Bonchev–Trinajstić information content (AvgIpc) is 2.84. The Kier molecular flexibility index (Phi) is 3.26. The highest BCUT2D eigenvalue weighted by molar-refractivity contribution is 5.96. The minimum Gasteiger partial charge on any atom is -0.451 e. The van der Waals surface area contributed by atoms with Crippen molar-refractivity contribution in [2.24, 2.45) is 5.92 Å². The molecule has 1 fully saturated rings. The van der Waals surface area contributed by atoms with Crippen LogP contribution in [0.5, 0.6) is 0 Å². The maximum Gasteiger partial charge on any atom is 0.289 e. The number of nitrogens with zero attached hydrogens (tertiary/aromatic N) is 1. The summed E-state index contributed by atoms with van der Waals surface area (Å²) in [5, 5.41) is 10.8. The molecule has 0 bridgehead atoms. The third kappa shape index (κ3) is 2.31. The number of carbonyl (C=O) groups is 1. The number of likely N-dealkylation sites (tertiary alicyclic amines) is 1. The number of piperidine rings is 1. The number of β-amino-alcohol motifs (C(OH)–C–C–N with tert-alkyl or cyclic N) is 1. The second-order valence-electron chi connectivity index (χ2n) is 5.74. The Bertz CT molecular complexity index is 646. The smallest absolute Gasteiger partial charge is 0.289 e. The van der Waals surface area contributed by atoms with Crippen LogP contribution in [0.2, 0.25) is 0 Å². The van der Waals surface area contributed by atoms with E-state index in [9.17, 15) is 9.90 Å². The maximum atomic E-state index is 12.4. The molecule has 2 atom stereocenters. The summed E-state index contributed by atoms with van der Waals surface area (Å²) in [5.74, 6) is 0.467. The van der Waals surface area contributed by atoms with E-state index in [1.165, 1.54) is 0 Å². The summed E-state index contributed by atoms with van der Waals surface area (Å²) in [6.45, 7) is 5.08. The lowest BCUT2D eigenvalue weighted by atomic mass is 9.96. The molecular weight excluding hydrogens is 254 g/mol. The van der Waals surface area contributed by atoms with Crippen LogP contribution in [-0.2, 0) is 0 Å². The van der Waals surface area contributed by atoms with E-state index >= 15 is 0 Å². The largest absolute Gasteiger partial charge is 0.451 e. The molecule has 1 N–H and O–H groups in total. The number of aryl methyl sites for hydroxylation is 1. The molecule has 2 aromatic rings. The van der Waals surface area contributed by atoms with E-state index in [2.05, 4.69) is 0 Å². The first kappa shape index (κ1) is 13.2. The first-order valence-electron chi connectivity index (χ1n) is 7.02. The van der Waals surface area contributed by atoms with Gasteiger partial charge in [-0.15, -0.1) is 0 Å². The van der Waals surface area contributed by atoms with Crippen LogP contribution >= 0.6 is 0 Å². The Morgan fingerprint density at radius 3 is 2.95 bits per heavy atom. The molecule has 1 saturated heterocycles. The third-order valence-corrected chi connectivity index (χ3v) is 4.09. The van der Waals surface area contributed by atoms with Gasteiger partial charge >= 0.3 is 0 Å². The van der Waals surface area contributed by atoms with Gasteiger partial charge in [-0.05, 0) is 37.5 Å². The van der Waals surface area contributed by atoms with E-state index in [-0.39, 0.29) is 11.8 Å². The van der Waals surface area contributed by atoms with E-state index in [1.807, 2.05) is 32.0 Å².